The third-order valence-corrected chi connectivity index (χ3v) is 4.33. The zero-order valence-electron chi connectivity index (χ0n) is 13.2. The summed E-state index contributed by atoms with van der Waals surface area (Å²) in [6.45, 7) is 1.52. The maximum atomic E-state index is 12.8. The van der Waals surface area contributed by atoms with E-state index in [2.05, 4.69) is 15.2 Å². The molecule has 1 amide bonds. The van der Waals surface area contributed by atoms with Gasteiger partial charge in [0.25, 0.3) is 5.91 Å². The standard InChI is InChI=1S/C17H18N6O/c24-17(14-5-6-16(18-12-14)23-11-3-8-20-23)22-10-1-4-15(22)13-21-9-2-7-19-21/h2-3,5-9,11-12,15H,1,4,10,13H2/t15-/m1/s1. The van der Waals surface area contributed by atoms with Gasteiger partial charge in [-0.1, -0.05) is 0 Å². The van der Waals surface area contributed by atoms with Gasteiger partial charge >= 0.3 is 0 Å². The molecule has 3 aromatic rings. The molecule has 4 rings (SSSR count). The molecular weight excluding hydrogens is 304 g/mol. The normalized spacial score (nSPS) is 17.3. The van der Waals surface area contributed by atoms with Crippen molar-refractivity contribution in [1.82, 2.24) is 29.4 Å². The number of hydrogen-bond donors (Lipinski definition) is 0. The molecule has 24 heavy (non-hydrogen) atoms. The molecule has 3 aromatic heterocycles. The summed E-state index contributed by atoms with van der Waals surface area (Å²) in [6, 6.07) is 7.56. The van der Waals surface area contributed by atoms with Crippen LogP contribution in [0.1, 0.15) is 23.2 Å². The van der Waals surface area contributed by atoms with Crippen molar-refractivity contribution in [2.24, 2.45) is 0 Å². The fourth-order valence-electron chi connectivity index (χ4n) is 3.14. The van der Waals surface area contributed by atoms with Crippen LogP contribution in [0.25, 0.3) is 5.82 Å². The Morgan fingerprint density at radius 2 is 2.04 bits per heavy atom. The molecule has 7 heteroatoms. The first-order chi connectivity index (χ1) is 11.8. The summed E-state index contributed by atoms with van der Waals surface area (Å²) >= 11 is 0. The lowest BCUT2D eigenvalue weighted by molar-refractivity contribution is 0.0721. The summed E-state index contributed by atoms with van der Waals surface area (Å²) < 4.78 is 3.56. The van der Waals surface area contributed by atoms with Crippen LogP contribution in [-0.4, -0.2) is 47.9 Å². The topological polar surface area (TPSA) is 68.8 Å². The zero-order chi connectivity index (χ0) is 16.4. The minimum Gasteiger partial charge on any atom is -0.334 e. The molecule has 0 saturated carbocycles. The molecule has 4 heterocycles. The van der Waals surface area contributed by atoms with Crippen LogP contribution in [-0.2, 0) is 6.54 Å². The molecule has 0 aliphatic carbocycles. The molecule has 1 fully saturated rings. The van der Waals surface area contributed by atoms with Crippen molar-refractivity contribution in [2.45, 2.75) is 25.4 Å². The first-order valence-electron chi connectivity index (χ1n) is 8.06. The molecule has 1 aliphatic heterocycles. The Morgan fingerprint density at radius 3 is 2.75 bits per heavy atom. The van der Waals surface area contributed by atoms with Crippen LogP contribution in [0.3, 0.4) is 0 Å². The Labute approximate surface area is 139 Å². The van der Waals surface area contributed by atoms with E-state index in [1.807, 2.05) is 46.2 Å². The minimum atomic E-state index is 0.0316. The van der Waals surface area contributed by atoms with Crippen molar-refractivity contribution < 1.29 is 4.79 Å². The number of pyridine rings is 1. The van der Waals surface area contributed by atoms with Crippen molar-refractivity contribution in [3.63, 3.8) is 0 Å². The quantitative estimate of drug-likeness (QED) is 0.734. The first-order valence-corrected chi connectivity index (χ1v) is 8.06. The van der Waals surface area contributed by atoms with E-state index in [0.717, 1.165) is 25.9 Å². The zero-order valence-corrected chi connectivity index (χ0v) is 13.2. The van der Waals surface area contributed by atoms with Crippen molar-refractivity contribution in [1.29, 1.82) is 0 Å². The minimum absolute atomic E-state index is 0.0316. The van der Waals surface area contributed by atoms with E-state index in [-0.39, 0.29) is 11.9 Å². The summed E-state index contributed by atoms with van der Waals surface area (Å²) in [7, 11) is 0. The Balaban J connectivity index is 1.50. The molecule has 0 N–H and O–H groups in total. The van der Waals surface area contributed by atoms with Gasteiger partial charge in [0.05, 0.1) is 18.2 Å². The number of nitrogens with zero attached hydrogens (tertiary/aromatic N) is 6. The Kier molecular flexibility index (Phi) is 3.82. The molecule has 7 nitrogen and oxygen atoms in total. The van der Waals surface area contributed by atoms with Crippen LogP contribution >= 0.6 is 0 Å². The second kappa shape index (κ2) is 6.27. The third-order valence-electron chi connectivity index (χ3n) is 4.33. The van der Waals surface area contributed by atoms with Gasteiger partial charge in [0.15, 0.2) is 5.82 Å². The van der Waals surface area contributed by atoms with E-state index >= 15 is 0 Å². The van der Waals surface area contributed by atoms with Crippen molar-refractivity contribution in [3.05, 3.63) is 60.8 Å². The highest BCUT2D eigenvalue weighted by Gasteiger charge is 2.29. The summed E-state index contributed by atoms with van der Waals surface area (Å²) in [5.74, 6) is 0.732. The number of hydrogen-bond acceptors (Lipinski definition) is 4. The Hall–Kier alpha value is -2.96. The highest BCUT2D eigenvalue weighted by molar-refractivity contribution is 5.94. The number of likely N-dealkylation sites (tertiary alicyclic amines) is 1. The lowest BCUT2D eigenvalue weighted by Crippen LogP contribution is -2.38. The van der Waals surface area contributed by atoms with Gasteiger partial charge < -0.3 is 4.90 Å². The molecule has 0 bridgehead atoms. The van der Waals surface area contributed by atoms with Crippen LogP contribution in [0.5, 0.6) is 0 Å². The van der Waals surface area contributed by atoms with Crippen LogP contribution in [0.4, 0.5) is 0 Å². The van der Waals surface area contributed by atoms with Gasteiger partial charge in [-0.3, -0.25) is 9.48 Å². The molecular formula is C17H18N6O. The van der Waals surface area contributed by atoms with Crippen LogP contribution < -0.4 is 0 Å². The second-order valence-electron chi connectivity index (χ2n) is 5.88. The molecule has 0 unspecified atom stereocenters. The average Bonchev–Trinajstić information content (AvgIpc) is 3.37. The maximum Gasteiger partial charge on any atom is 0.255 e. The summed E-state index contributed by atoms with van der Waals surface area (Å²) in [5.41, 5.74) is 0.610. The molecule has 1 atom stereocenters. The van der Waals surface area contributed by atoms with Gasteiger partial charge in [-0.05, 0) is 37.1 Å². The monoisotopic (exact) mass is 322 g/mol. The molecule has 0 aromatic carbocycles. The summed E-state index contributed by atoms with van der Waals surface area (Å²) in [6.07, 6.45) is 10.9. The molecule has 1 saturated heterocycles. The number of rotatable bonds is 4. The van der Waals surface area contributed by atoms with E-state index < -0.39 is 0 Å². The van der Waals surface area contributed by atoms with E-state index in [1.54, 1.807) is 23.3 Å². The van der Waals surface area contributed by atoms with Gasteiger partial charge in [0.1, 0.15) is 0 Å². The predicted octanol–water partition coefficient (Wildman–Crippen LogP) is 1.77. The van der Waals surface area contributed by atoms with E-state index in [0.29, 0.717) is 11.4 Å². The first kappa shape index (κ1) is 14.6. The van der Waals surface area contributed by atoms with Crippen LogP contribution in [0, 0.1) is 0 Å². The number of carbonyl (C=O) groups excluding carboxylic acids is 1. The lowest BCUT2D eigenvalue weighted by Gasteiger charge is -2.24. The van der Waals surface area contributed by atoms with Crippen LogP contribution in [0.15, 0.2) is 55.2 Å². The predicted molar refractivity (Wildman–Crippen MR) is 87.6 cm³/mol. The van der Waals surface area contributed by atoms with Crippen LogP contribution in [0.2, 0.25) is 0 Å². The van der Waals surface area contributed by atoms with Crippen molar-refractivity contribution in [2.75, 3.05) is 6.54 Å². The van der Waals surface area contributed by atoms with Crippen molar-refractivity contribution in [3.8, 4) is 5.82 Å². The highest BCUT2D eigenvalue weighted by atomic mass is 16.2. The van der Waals surface area contributed by atoms with E-state index in [1.165, 1.54) is 0 Å². The van der Waals surface area contributed by atoms with E-state index in [4.69, 9.17) is 0 Å². The van der Waals surface area contributed by atoms with Gasteiger partial charge in [0, 0.05) is 37.5 Å². The van der Waals surface area contributed by atoms with Gasteiger partial charge in [-0.2, -0.15) is 10.2 Å². The second-order valence-corrected chi connectivity index (χ2v) is 5.88. The summed E-state index contributed by atoms with van der Waals surface area (Å²) in [4.78, 5) is 19.1. The van der Waals surface area contributed by atoms with Crippen molar-refractivity contribution >= 4 is 5.91 Å². The SMILES string of the molecule is O=C(c1ccc(-n2cccn2)nc1)N1CCC[C@@H]1Cn1cccn1. The fourth-order valence-corrected chi connectivity index (χ4v) is 3.14. The maximum absolute atomic E-state index is 12.8. The fraction of sp³-hybridized carbons (Fsp3) is 0.294. The number of aromatic nitrogens is 5. The molecule has 0 spiro atoms. The highest BCUT2D eigenvalue weighted by Crippen LogP contribution is 2.21. The number of amides is 1. The van der Waals surface area contributed by atoms with Gasteiger partial charge in [-0.15, -0.1) is 0 Å². The van der Waals surface area contributed by atoms with Gasteiger partial charge in [0.2, 0.25) is 0 Å². The smallest absolute Gasteiger partial charge is 0.255 e. The van der Waals surface area contributed by atoms with Gasteiger partial charge in [-0.25, -0.2) is 9.67 Å². The Bertz CT molecular complexity index is 794. The number of carbonyl (C=O) groups is 1. The Morgan fingerprint density at radius 1 is 1.17 bits per heavy atom. The third kappa shape index (κ3) is 2.80. The molecule has 1 aliphatic rings. The lowest BCUT2D eigenvalue weighted by atomic mass is 10.2. The largest absolute Gasteiger partial charge is 0.334 e. The molecule has 0 radical (unpaired) electrons. The average molecular weight is 322 g/mol. The van der Waals surface area contributed by atoms with E-state index in [9.17, 15) is 4.79 Å². The summed E-state index contributed by atoms with van der Waals surface area (Å²) in [5, 5.41) is 8.38. The molecule has 122 valence electrons.